The molecule has 0 atom stereocenters. The molecule has 0 aliphatic heterocycles. The Morgan fingerprint density at radius 2 is 2.25 bits per heavy atom. The van der Waals surface area contributed by atoms with Gasteiger partial charge in [-0.15, -0.1) is 10.2 Å². The van der Waals surface area contributed by atoms with Crippen LogP contribution in [0.25, 0.3) is 0 Å². The van der Waals surface area contributed by atoms with Crippen molar-refractivity contribution in [2.45, 2.75) is 24.3 Å². The van der Waals surface area contributed by atoms with Crippen molar-refractivity contribution in [3.63, 3.8) is 0 Å². The normalized spacial score (nSPS) is 11.0. The van der Waals surface area contributed by atoms with Crippen molar-refractivity contribution in [2.24, 2.45) is 0 Å². The summed E-state index contributed by atoms with van der Waals surface area (Å²) in [6, 6.07) is 0. The van der Waals surface area contributed by atoms with Gasteiger partial charge in [-0.3, -0.25) is 0 Å². The summed E-state index contributed by atoms with van der Waals surface area (Å²) in [7, 11) is 0. The molecule has 0 bridgehead atoms. The zero-order chi connectivity index (χ0) is 9.14. The number of hydrogen-bond acceptors (Lipinski definition) is 4. The minimum Gasteiger partial charge on any atom is -0.336 e. The van der Waals surface area contributed by atoms with Crippen molar-refractivity contribution in [3.05, 3.63) is 5.82 Å². The lowest BCUT2D eigenvalue weighted by Crippen LogP contribution is -2.13. The van der Waals surface area contributed by atoms with Crippen molar-refractivity contribution in [2.75, 3.05) is 5.84 Å². The smallest absolute Gasteiger partial charge is 0.291 e. The van der Waals surface area contributed by atoms with E-state index in [0.29, 0.717) is 24.0 Å². The molecule has 1 aromatic rings. The third-order valence-electron chi connectivity index (χ3n) is 1.25. The maximum absolute atomic E-state index is 11.8. The second-order valence-corrected chi connectivity index (χ2v) is 2.96. The van der Waals surface area contributed by atoms with Crippen LogP contribution >= 0.6 is 11.8 Å². The van der Waals surface area contributed by atoms with Gasteiger partial charge in [0.05, 0.1) is 0 Å². The van der Waals surface area contributed by atoms with E-state index in [2.05, 4.69) is 10.2 Å². The molecule has 0 unspecified atom stereocenters. The number of hydrogen-bond donors (Lipinski definition) is 1. The number of nitrogens with two attached hydrogens (primary N) is 1. The van der Waals surface area contributed by atoms with E-state index in [-0.39, 0.29) is 5.16 Å². The Kier molecular flexibility index (Phi) is 2.85. The number of nitrogens with zero attached hydrogens (tertiary/aromatic N) is 3. The van der Waals surface area contributed by atoms with Gasteiger partial charge in [-0.25, -0.2) is 4.68 Å². The molecule has 0 radical (unpaired) electrons. The highest BCUT2D eigenvalue weighted by Crippen LogP contribution is 2.22. The Morgan fingerprint density at radius 3 is 2.67 bits per heavy atom. The number of aryl methyl sites for hydroxylation is 1. The lowest BCUT2D eigenvalue weighted by Gasteiger charge is -1.99. The molecular weight excluding hydrogens is 186 g/mol. The van der Waals surface area contributed by atoms with E-state index in [1.807, 2.05) is 6.92 Å². The third-order valence-corrected chi connectivity index (χ3v) is 1.91. The number of halogens is 2. The van der Waals surface area contributed by atoms with Gasteiger partial charge < -0.3 is 5.84 Å². The zero-order valence-corrected chi connectivity index (χ0v) is 7.18. The van der Waals surface area contributed by atoms with E-state index in [0.717, 1.165) is 4.68 Å². The Morgan fingerprint density at radius 1 is 1.58 bits per heavy atom. The minimum absolute atomic E-state index is 0.0434. The van der Waals surface area contributed by atoms with Crippen LogP contribution in [0.4, 0.5) is 8.78 Å². The lowest BCUT2D eigenvalue weighted by atomic mass is 10.5. The zero-order valence-electron chi connectivity index (χ0n) is 6.37. The Balaban J connectivity index is 2.80. The number of nitrogen functional groups attached to an aromatic ring is 1. The van der Waals surface area contributed by atoms with Crippen LogP contribution in [0.5, 0.6) is 0 Å². The molecular formula is C5H8F2N4S. The van der Waals surface area contributed by atoms with Crippen molar-refractivity contribution >= 4 is 11.8 Å². The molecule has 0 aliphatic carbocycles. The highest BCUT2D eigenvalue weighted by molar-refractivity contribution is 7.99. The van der Waals surface area contributed by atoms with Gasteiger partial charge in [0, 0.05) is 6.42 Å². The molecule has 12 heavy (non-hydrogen) atoms. The molecule has 4 nitrogen and oxygen atoms in total. The lowest BCUT2D eigenvalue weighted by molar-refractivity contribution is 0.251. The van der Waals surface area contributed by atoms with Crippen molar-refractivity contribution < 1.29 is 8.78 Å². The van der Waals surface area contributed by atoms with Gasteiger partial charge in [0.25, 0.3) is 5.76 Å². The quantitative estimate of drug-likeness (QED) is 0.573. The van der Waals surface area contributed by atoms with Gasteiger partial charge in [0.2, 0.25) is 5.16 Å². The Labute approximate surface area is 72.1 Å². The highest BCUT2D eigenvalue weighted by atomic mass is 32.2. The summed E-state index contributed by atoms with van der Waals surface area (Å²) in [5.41, 5.74) is 0. The molecule has 1 rings (SSSR count). The molecule has 7 heteroatoms. The van der Waals surface area contributed by atoms with E-state index in [4.69, 9.17) is 5.84 Å². The van der Waals surface area contributed by atoms with Crippen molar-refractivity contribution in [1.82, 2.24) is 14.9 Å². The summed E-state index contributed by atoms with van der Waals surface area (Å²) in [6.45, 7) is 1.82. The molecule has 2 N–H and O–H groups in total. The molecule has 0 fully saturated rings. The fourth-order valence-electron chi connectivity index (χ4n) is 0.708. The first-order valence-electron chi connectivity index (χ1n) is 3.29. The van der Waals surface area contributed by atoms with E-state index < -0.39 is 5.76 Å². The number of aromatic nitrogens is 3. The minimum atomic E-state index is -2.51. The van der Waals surface area contributed by atoms with Crippen LogP contribution in [0.1, 0.15) is 12.7 Å². The Hall–Kier alpha value is -0.850. The van der Waals surface area contributed by atoms with Crippen molar-refractivity contribution in [3.8, 4) is 0 Å². The van der Waals surface area contributed by atoms with Crippen LogP contribution in [0.15, 0.2) is 5.16 Å². The number of alkyl halides is 2. The highest BCUT2D eigenvalue weighted by Gasteiger charge is 2.13. The Bertz CT molecular complexity index is 262. The van der Waals surface area contributed by atoms with Gasteiger partial charge in [0.15, 0.2) is 5.82 Å². The third kappa shape index (κ3) is 1.84. The maximum Gasteiger partial charge on any atom is 0.291 e. The number of thioether (sulfide) groups is 1. The summed E-state index contributed by atoms with van der Waals surface area (Å²) in [4.78, 5) is 0. The first kappa shape index (κ1) is 9.24. The van der Waals surface area contributed by atoms with Crippen LogP contribution in [-0.4, -0.2) is 20.6 Å². The molecule has 0 aliphatic rings. The van der Waals surface area contributed by atoms with Gasteiger partial charge in [-0.2, -0.15) is 8.78 Å². The maximum atomic E-state index is 11.8. The van der Waals surface area contributed by atoms with E-state index >= 15 is 0 Å². The largest absolute Gasteiger partial charge is 0.336 e. The average molecular weight is 194 g/mol. The molecule has 0 spiro atoms. The summed E-state index contributed by atoms with van der Waals surface area (Å²) < 4.78 is 24.8. The summed E-state index contributed by atoms with van der Waals surface area (Å²) in [5, 5.41) is 7.16. The fourth-order valence-corrected chi connectivity index (χ4v) is 1.17. The van der Waals surface area contributed by atoms with Gasteiger partial charge in [-0.1, -0.05) is 6.92 Å². The summed E-state index contributed by atoms with van der Waals surface area (Å²) in [6.07, 6.45) is 0.577. The first-order chi connectivity index (χ1) is 5.65. The van der Waals surface area contributed by atoms with Crippen LogP contribution in [0, 0.1) is 0 Å². The molecule has 1 aromatic heterocycles. The standard InChI is InChI=1S/C5H8F2N4S/c1-2-3-9-10-5(11(3)8)12-4(6)7/h4H,2,8H2,1H3. The van der Waals surface area contributed by atoms with Gasteiger partial charge in [-0.05, 0) is 11.8 Å². The molecule has 68 valence electrons. The molecule has 1 heterocycles. The van der Waals surface area contributed by atoms with Crippen molar-refractivity contribution in [1.29, 1.82) is 0 Å². The van der Waals surface area contributed by atoms with E-state index in [1.54, 1.807) is 0 Å². The average Bonchev–Trinajstić information content (AvgIpc) is 2.32. The monoisotopic (exact) mass is 194 g/mol. The van der Waals surface area contributed by atoms with E-state index in [1.165, 1.54) is 0 Å². The second kappa shape index (κ2) is 3.70. The predicted molar refractivity (Wildman–Crippen MR) is 41.4 cm³/mol. The van der Waals surface area contributed by atoms with Crippen LogP contribution in [0.2, 0.25) is 0 Å². The van der Waals surface area contributed by atoms with Gasteiger partial charge >= 0.3 is 0 Å². The SMILES string of the molecule is CCc1nnc(SC(F)F)n1N. The molecule has 0 amide bonds. The fraction of sp³-hybridized carbons (Fsp3) is 0.600. The molecule has 0 saturated carbocycles. The van der Waals surface area contributed by atoms with E-state index in [9.17, 15) is 8.78 Å². The van der Waals surface area contributed by atoms with Crippen LogP contribution < -0.4 is 5.84 Å². The predicted octanol–water partition coefficient (Wildman–Crippen LogP) is 0.869. The summed E-state index contributed by atoms with van der Waals surface area (Å²) in [5.74, 6) is 3.39. The second-order valence-electron chi connectivity index (χ2n) is 2.00. The van der Waals surface area contributed by atoms with Crippen LogP contribution in [-0.2, 0) is 6.42 Å². The number of rotatable bonds is 3. The van der Waals surface area contributed by atoms with Gasteiger partial charge in [0.1, 0.15) is 0 Å². The topological polar surface area (TPSA) is 56.7 Å². The first-order valence-corrected chi connectivity index (χ1v) is 4.17. The summed E-state index contributed by atoms with van der Waals surface area (Å²) >= 11 is 0.292. The van der Waals surface area contributed by atoms with Crippen LogP contribution in [0.3, 0.4) is 0 Å². The molecule has 0 saturated heterocycles. The molecule has 0 aromatic carbocycles.